The molecule has 1 amide bonds. The van der Waals surface area contributed by atoms with Crippen molar-refractivity contribution in [3.05, 3.63) is 53.6 Å². The summed E-state index contributed by atoms with van der Waals surface area (Å²) in [5.41, 5.74) is 4.13. The van der Waals surface area contributed by atoms with Crippen LogP contribution in [0.5, 0.6) is 5.75 Å². The van der Waals surface area contributed by atoms with E-state index in [1.165, 1.54) is 0 Å². The average Bonchev–Trinajstić information content (AvgIpc) is 2.48. The molecule has 0 aromatic heterocycles. The highest BCUT2D eigenvalue weighted by atomic mass is 16.5. The van der Waals surface area contributed by atoms with E-state index in [1.54, 1.807) is 0 Å². The maximum atomic E-state index is 12.0. The molecule has 4 heteroatoms. The fourth-order valence-corrected chi connectivity index (χ4v) is 2.43. The maximum Gasteiger partial charge on any atom is 0.226 e. The molecule has 2 aromatic carbocycles. The minimum Gasteiger partial charge on any atom is -0.494 e. The summed E-state index contributed by atoms with van der Waals surface area (Å²) in [5.74, 6) is 0.860. The summed E-state index contributed by atoms with van der Waals surface area (Å²) in [7, 11) is 0. The van der Waals surface area contributed by atoms with Crippen molar-refractivity contribution in [3.63, 3.8) is 0 Å². The van der Waals surface area contributed by atoms with Gasteiger partial charge >= 0.3 is 0 Å². The largest absolute Gasteiger partial charge is 0.494 e. The highest BCUT2D eigenvalue weighted by Crippen LogP contribution is 2.16. The van der Waals surface area contributed by atoms with Gasteiger partial charge in [0.2, 0.25) is 5.91 Å². The van der Waals surface area contributed by atoms with Gasteiger partial charge in [0.25, 0.3) is 0 Å². The van der Waals surface area contributed by atoms with Gasteiger partial charge in [-0.2, -0.15) is 0 Å². The van der Waals surface area contributed by atoms with Gasteiger partial charge in [0, 0.05) is 24.3 Å². The normalized spacial score (nSPS) is 10.2. The second-order valence-corrected chi connectivity index (χ2v) is 5.56. The SMILES string of the molecule is CCOc1ccc(NCCC(=O)Nc2cc(C)cc(C)c2)cc1. The molecule has 23 heavy (non-hydrogen) atoms. The molecule has 0 atom stereocenters. The Morgan fingerprint density at radius 2 is 1.65 bits per heavy atom. The zero-order valence-corrected chi connectivity index (χ0v) is 14.0. The molecule has 0 aliphatic rings. The van der Waals surface area contributed by atoms with Crippen molar-refractivity contribution in [3.8, 4) is 5.75 Å². The highest BCUT2D eigenvalue weighted by Gasteiger charge is 2.03. The molecule has 122 valence electrons. The lowest BCUT2D eigenvalue weighted by Gasteiger charge is -2.09. The number of benzene rings is 2. The summed E-state index contributed by atoms with van der Waals surface area (Å²) in [6, 6.07) is 13.8. The molecule has 2 rings (SSSR count). The van der Waals surface area contributed by atoms with Gasteiger partial charge < -0.3 is 15.4 Å². The number of hydrogen-bond donors (Lipinski definition) is 2. The number of amides is 1. The lowest BCUT2D eigenvalue weighted by Crippen LogP contribution is -2.16. The molecule has 0 heterocycles. The van der Waals surface area contributed by atoms with Crippen LogP contribution in [0.2, 0.25) is 0 Å². The van der Waals surface area contributed by atoms with E-state index in [4.69, 9.17) is 4.74 Å². The molecule has 0 bridgehead atoms. The number of carbonyl (C=O) groups is 1. The lowest BCUT2D eigenvalue weighted by atomic mass is 10.1. The van der Waals surface area contributed by atoms with Gasteiger partial charge in [0.05, 0.1) is 6.61 Å². The molecule has 0 radical (unpaired) electrons. The minimum atomic E-state index is 0.00781. The Balaban J connectivity index is 1.78. The van der Waals surface area contributed by atoms with Gasteiger partial charge in [-0.3, -0.25) is 4.79 Å². The topological polar surface area (TPSA) is 50.4 Å². The number of ether oxygens (including phenoxy) is 1. The highest BCUT2D eigenvalue weighted by molar-refractivity contribution is 5.91. The van der Waals surface area contributed by atoms with Gasteiger partial charge in [-0.1, -0.05) is 6.07 Å². The number of carbonyl (C=O) groups excluding carboxylic acids is 1. The second-order valence-electron chi connectivity index (χ2n) is 5.56. The first-order valence-corrected chi connectivity index (χ1v) is 7.91. The monoisotopic (exact) mass is 312 g/mol. The van der Waals surface area contributed by atoms with Crippen molar-refractivity contribution in [2.75, 3.05) is 23.8 Å². The molecule has 0 saturated heterocycles. The van der Waals surface area contributed by atoms with Crippen LogP contribution in [0.25, 0.3) is 0 Å². The first-order valence-electron chi connectivity index (χ1n) is 7.91. The summed E-state index contributed by atoms with van der Waals surface area (Å²) < 4.78 is 5.40. The molecule has 4 nitrogen and oxygen atoms in total. The Kier molecular flexibility index (Phi) is 6.03. The van der Waals surface area contributed by atoms with Crippen molar-refractivity contribution in [2.45, 2.75) is 27.2 Å². The van der Waals surface area contributed by atoms with Crippen LogP contribution in [0.4, 0.5) is 11.4 Å². The van der Waals surface area contributed by atoms with Crippen LogP contribution in [-0.2, 0) is 4.79 Å². The van der Waals surface area contributed by atoms with Crippen molar-refractivity contribution in [1.82, 2.24) is 0 Å². The second kappa shape index (κ2) is 8.22. The summed E-state index contributed by atoms with van der Waals surface area (Å²) >= 11 is 0. The molecule has 0 spiro atoms. The first-order chi connectivity index (χ1) is 11.1. The van der Waals surface area contributed by atoms with Crippen molar-refractivity contribution in [2.24, 2.45) is 0 Å². The number of anilines is 2. The number of aryl methyl sites for hydroxylation is 2. The average molecular weight is 312 g/mol. The van der Waals surface area contributed by atoms with E-state index in [1.807, 2.05) is 57.2 Å². The standard InChI is InChI=1S/C19H24N2O2/c1-4-23-18-7-5-16(6-8-18)20-10-9-19(22)21-17-12-14(2)11-15(3)13-17/h5-8,11-13,20H,4,9-10H2,1-3H3,(H,21,22). The lowest BCUT2D eigenvalue weighted by molar-refractivity contribution is -0.115. The molecule has 0 unspecified atom stereocenters. The molecule has 0 aliphatic carbocycles. The van der Waals surface area contributed by atoms with Gasteiger partial charge in [-0.05, 0) is 68.3 Å². The minimum absolute atomic E-state index is 0.00781. The van der Waals surface area contributed by atoms with Gasteiger partial charge in [0.15, 0.2) is 0 Å². The van der Waals surface area contributed by atoms with Crippen molar-refractivity contribution < 1.29 is 9.53 Å². The molecule has 2 aromatic rings. The number of nitrogens with one attached hydrogen (secondary N) is 2. The van der Waals surface area contributed by atoms with E-state index >= 15 is 0 Å². The van der Waals surface area contributed by atoms with Crippen LogP contribution >= 0.6 is 0 Å². The van der Waals surface area contributed by atoms with Crippen LogP contribution in [0.3, 0.4) is 0 Å². The first kappa shape index (κ1) is 16.9. The van der Waals surface area contributed by atoms with Crippen molar-refractivity contribution in [1.29, 1.82) is 0 Å². The third-order valence-corrected chi connectivity index (χ3v) is 3.35. The zero-order valence-electron chi connectivity index (χ0n) is 14.0. The van der Waals surface area contributed by atoms with E-state index in [0.29, 0.717) is 19.6 Å². The Morgan fingerprint density at radius 3 is 2.26 bits per heavy atom. The fraction of sp³-hybridized carbons (Fsp3) is 0.316. The molecule has 0 saturated carbocycles. The molecular formula is C19H24N2O2. The Hall–Kier alpha value is -2.49. The fourth-order valence-electron chi connectivity index (χ4n) is 2.43. The molecular weight excluding hydrogens is 288 g/mol. The third-order valence-electron chi connectivity index (χ3n) is 3.35. The van der Waals surface area contributed by atoms with Crippen LogP contribution < -0.4 is 15.4 Å². The predicted molar refractivity (Wildman–Crippen MR) is 95.3 cm³/mol. The summed E-state index contributed by atoms with van der Waals surface area (Å²) in [4.78, 5) is 12.0. The van der Waals surface area contributed by atoms with Crippen LogP contribution in [-0.4, -0.2) is 19.1 Å². The van der Waals surface area contributed by atoms with Gasteiger partial charge in [-0.15, -0.1) is 0 Å². The van der Waals surface area contributed by atoms with Gasteiger partial charge in [0.1, 0.15) is 5.75 Å². The van der Waals surface area contributed by atoms with E-state index in [0.717, 1.165) is 28.3 Å². The van der Waals surface area contributed by atoms with Gasteiger partial charge in [-0.25, -0.2) is 0 Å². The number of hydrogen-bond acceptors (Lipinski definition) is 3. The Bertz CT molecular complexity index is 631. The Labute approximate surface area is 137 Å². The third kappa shape index (κ3) is 5.66. The molecule has 0 fully saturated rings. The van der Waals surface area contributed by atoms with Crippen molar-refractivity contribution >= 4 is 17.3 Å². The molecule has 2 N–H and O–H groups in total. The predicted octanol–water partition coefficient (Wildman–Crippen LogP) is 4.14. The van der Waals surface area contributed by atoms with E-state index < -0.39 is 0 Å². The van der Waals surface area contributed by atoms with Crippen LogP contribution in [0.1, 0.15) is 24.5 Å². The molecule has 0 aliphatic heterocycles. The number of rotatable bonds is 7. The maximum absolute atomic E-state index is 12.0. The van der Waals surface area contributed by atoms with Crippen LogP contribution in [0.15, 0.2) is 42.5 Å². The van der Waals surface area contributed by atoms with E-state index in [-0.39, 0.29) is 5.91 Å². The zero-order chi connectivity index (χ0) is 16.7. The summed E-state index contributed by atoms with van der Waals surface area (Å²) in [5, 5.41) is 6.17. The quantitative estimate of drug-likeness (QED) is 0.808. The van der Waals surface area contributed by atoms with Crippen LogP contribution in [0, 0.1) is 13.8 Å². The summed E-state index contributed by atoms with van der Waals surface area (Å²) in [6.45, 7) is 7.25. The summed E-state index contributed by atoms with van der Waals surface area (Å²) in [6.07, 6.45) is 0.417. The van der Waals surface area contributed by atoms with E-state index in [9.17, 15) is 4.79 Å². The smallest absolute Gasteiger partial charge is 0.226 e. The van der Waals surface area contributed by atoms with E-state index in [2.05, 4.69) is 16.7 Å². The Morgan fingerprint density at radius 1 is 1.00 bits per heavy atom.